The summed E-state index contributed by atoms with van der Waals surface area (Å²) in [6, 6.07) is 36.1. The Morgan fingerprint density at radius 1 is 0.836 bits per heavy atom. The van der Waals surface area contributed by atoms with Crippen molar-refractivity contribution in [2.45, 2.75) is 44.2 Å². The summed E-state index contributed by atoms with van der Waals surface area (Å²) in [7, 11) is 0. The Kier molecular flexibility index (Phi) is 10.1. The van der Waals surface area contributed by atoms with Gasteiger partial charge in [-0.15, -0.1) is 11.3 Å². The van der Waals surface area contributed by atoms with Crippen molar-refractivity contribution >= 4 is 91.5 Å². The Morgan fingerprint density at radius 2 is 1.51 bits per heavy atom. The molecule has 1 saturated carbocycles. The molecule has 0 radical (unpaired) electrons. The number of anilines is 2. The minimum absolute atomic E-state index is 0.115. The van der Waals surface area contributed by atoms with Crippen LogP contribution < -0.4 is 19.7 Å². The van der Waals surface area contributed by atoms with Crippen LogP contribution in [0, 0.1) is 0 Å². The van der Waals surface area contributed by atoms with Gasteiger partial charge < -0.3 is 15.1 Å². The molecule has 2 fully saturated rings. The molecule has 55 heavy (non-hydrogen) atoms. The quantitative estimate of drug-likeness (QED) is 0.119. The summed E-state index contributed by atoms with van der Waals surface area (Å²) < 4.78 is 1.74. The zero-order chi connectivity index (χ0) is 38.2. The third-order valence-corrected chi connectivity index (χ3v) is 13.0. The Labute approximate surface area is 330 Å². The summed E-state index contributed by atoms with van der Waals surface area (Å²) in [5.41, 5.74) is 8.33. The fourth-order valence-electron chi connectivity index (χ4n) is 7.81. The number of rotatable bonds is 10. The number of aliphatic carboxylic acids is 2. The lowest BCUT2D eigenvalue weighted by Crippen LogP contribution is -2.36. The van der Waals surface area contributed by atoms with Gasteiger partial charge in [0.2, 0.25) is 0 Å². The van der Waals surface area contributed by atoms with Crippen LogP contribution in [-0.2, 0) is 20.9 Å². The van der Waals surface area contributed by atoms with E-state index in [-0.39, 0.29) is 26.9 Å². The molecule has 12 heteroatoms. The molecule has 3 heterocycles. The second-order valence-corrected chi connectivity index (χ2v) is 16.3. The van der Waals surface area contributed by atoms with Crippen LogP contribution in [0.4, 0.5) is 11.4 Å². The van der Waals surface area contributed by atoms with Gasteiger partial charge in [0.05, 0.1) is 11.0 Å². The van der Waals surface area contributed by atoms with E-state index in [0.717, 1.165) is 86.1 Å². The number of fused-ring (bicyclic) bond motifs is 3. The van der Waals surface area contributed by atoms with Gasteiger partial charge in [-0.1, -0.05) is 109 Å². The first-order valence-electron chi connectivity index (χ1n) is 17.9. The van der Waals surface area contributed by atoms with Crippen LogP contribution in [0.2, 0.25) is 0 Å². The number of carboxylic acids is 2. The van der Waals surface area contributed by atoms with E-state index in [1.807, 2.05) is 18.2 Å². The highest BCUT2D eigenvalue weighted by Gasteiger charge is 2.42. The summed E-state index contributed by atoms with van der Waals surface area (Å²) in [6.45, 7) is -0.745. The number of hydrogen-bond donors (Lipinski definition) is 2. The van der Waals surface area contributed by atoms with E-state index in [2.05, 4.69) is 95.9 Å². The number of carbonyl (C=O) groups is 3. The molecule has 0 bridgehead atoms. The fraction of sp³-hybridized carbons (Fsp3) is 0.186. The normalized spacial score (nSPS) is 18.8. The highest BCUT2D eigenvalue weighted by atomic mass is 32.2. The number of aromatic nitrogens is 1. The smallest absolute Gasteiger partial charge is 0.323 e. The third-order valence-electron chi connectivity index (χ3n) is 10.3. The monoisotopic (exact) mass is 785 g/mol. The third kappa shape index (κ3) is 7.20. The van der Waals surface area contributed by atoms with Crippen LogP contribution in [0.1, 0.15) is 59.4 Å². The van der Waals surface area contributed by atoms with Crippen molar-refractivity contribution in [3.8, 4) is 0 Å². The second-order valence-electron chi connectivity index (χ2n) is 13.7. The fourth-order valence-corrected chi connectivity index (χ4v) is 10.4. The standard InChI is InChI=1S/C43H35N3O6S3/c47-37(48)20-21-44-41(52)39(55-43(44)53)42-45(25-38(49)50)40(51)36(54-42)24-27-16-19-35-33(23-27)31-12-7-13-34(31)46(35)30-17-14-26(15-18-30)22-32(28-8-3-1-4-9-28)29-10-5-2-6-11-29/h1-6,8-11,14-19,22-24,31,34H,7,12-13,20-21,25H2,(H,47,48)(H,49,50)/b36-24-,42-39+. The molecule has 2 atom stereocenters. The van der Waals surface area contributed by atoms with E-state index in [4.69, 9.17) is 17.3 Å². The van der Waals surface area contributed by atoms with Crippen LogP contribution in [0.3, 0.4) is 0 Å². The van der Waals surface area contributed by atoms with Gasteiger partial charge in [-0.2, -0.15) is 0 Å². The summed E-state index contributed by atoms with van der Waals surface area (Å²) in [6.07, 6.45) is 6.93. The van der Waals surface area contributed by atoms with Crippen LogP contribution in [0.25, 0.3) is 22.6 Å². The van der Waals surface area contributed by atoms with Crippen molar-refractivity contribution in [1.29, 1.82) is 0 Å². The van der Waals surface area contributed by atoms with Gasteiger partial charge in [0.15, 0.2) is 0 Å². The average molecular weight is 786 g/mol. The highest BCUT2D eigenvalue weighted by Crippen LogP contribution is 2.52. The van der Waals surface area contributed by atoms with E-state index in [1.54, 1.807) is 6.08 Å². The topological polar surface area (TPSA) is 120 Å². The van der Waals surface area contributed by atoms with Crippen molar-refractivity contribution < 1.29 is 24.6 Å². The van der Waals surface area contributed by atoms with Gasteiger partial charge in [0.1, 0.15) is 20.4 Å². The lowest BCUT2D eigenvalue weighted by molar-refractivity contribution is -0.138. The van der Waals surface area contributed by atoms with E-state index in [9.17, 15) is 24.3 Å². The molecule has 1 amide bonds. The maximum absolute atomic E-state index is 13.7. The number of benzene rings is 4. The maximum atomic E-state index is 13.7. The molecule has 3 aliphatic rings. The Hall–Kier alpha value is -5.56. The predicted molar refractivity (Wildman–Crippen MR) is 222 cm³/mol. The Morgan fingerprint density at radius 3 is 2.16 bits per heavy atom. The SMILES string of the molecule is O=C(O)CCN1C(=O)/C(=c2\s/c(=C\c3ccc4c(c3)C3CCCC3N4c3ccc(C=C(c4ccccc4)c4ccccc4)cc3)c(=O)n2CC(=O)O)SC1=S. The van der Waals surface area contributed by atoms with Gasteiger partial charge in [-0.25, -0.2) is 0 Å². The lowest BCUT2D eigenvalue weighted by Gasteiger charge is -2.27. The first-order chi connectivity index (χ1) is 26.7. The summed E-state index contributed by atoms with van der Waals surface area (Å²) in [4.78, 5) is 53.7. The highest BCUT2D eigenvalue weighted by molar-refractivity contribution is 8.30. The number of thioether (sulfide) groups is 1. The molecule has 1 aromatic heterocycles. The van der Waals surface area contributed by atoms with E-state index in [1.165, 1.54) is 10.5 Å². The number of carboxylic acid groups (broad SMARTS) is 2. The Balaban J connectivity index is 1.13. The van der Waals surface area contributed by atoms with Crippen molar-refractivity contribution in [3.05, 3.63) is 150 Å². The first kappa shape index (κ1) is 36.4. The number of thiazole rings is 1. The van der Waals surface area contributed by atoms with Crippen molar-refractivity contribution in [2.75, 3.05) is 11.4 Å². The van der Waals surface area contributed by atoms with Gasteiger partial charge in [-0.05, 0) is 82.6 Å². The minimum Gasteiger partial charge on any atom is -0.481 e. The molecule has 9 nitrogen and oxygen atoms in total. The van der Waals surface area contributed by atoms with Gasteiger partial charge >= 0.3 is 11.9 Å². The summed E-state index contributed by atoms with van der Waals surface area (Å²) in [5, 5.41) is 18.8. The number of amides is 1. The molecular weight excluding hydrogens is 751 g/mol. The number of carbonyl (C=O) groups excluding carboxylic acids is 1. The van der Waals surface area contributed by atoms with E-state index in [0.29, 0.717) is 16.5 Å². The van der Waals surface area contributed by atoms with Gasteiger partial charge in [-0.3, -0.25) is 28.6 Å². The number of hydrogen-bond acceptors (Lipinski definition) is 8. The zero-order valence-corrected chi connectivity index (χ0v) is 31.9. The van der Waals surface area contributed by atoms with E-state index < -0.39 is 29.9 Å². The summed E-state index contributed by atoms with van der Waals surface area (Å²) in [5.74, 6) is -2.51. The van der Waals surface area contributed by atoms with E-state index >= 15 is 0 Å². The zero-order valence-electron chi connectivity index (χ0n) is 29.5. The number of thiocarbonyl (C=S) groups is 1. The molecule has 4 aromatic carbocycles. The summed E-state index contributed by atoms with van der Waals surface area (Å²) >= 11 is 7.34. The minimum atomic E-state index is -1.23. The molecular formula is C43H35N3O6S3. The maximum Gasteiger partial charge on any atom is 0.323 e. The Bertz CT molecular complexity index is 2520. The molecule has 0 spiro atoms. The van der Waals surface area contributed by atoms with Crippen molar-refractivity contribution in [3.63, 3.8) is 0 Å². The largest absolute Gasteiger partial charge is 0.481 e. The van der Waals surface area contributed by atoms with Crippen LogP contribution in [0.5, 0.6) is 0 Å². The number of nitrogens with zero attached hydrogens (tertiary/aromatic N) is 3. The van der Waals surface area contributed by atoms with Crippen LogP contribution in [0.15, 0.2) is 108 Å². The molecule has 1 aliphatic carbocycles. The predicted octanol–water partition coefficient (Wildman–Crippen LogP) is 6.64. The molecule has 2 N–H and O–H groups in total. The van der Waals surface area contributed by atoms with Crippen LogP contribution in [-0.4, -0.2) is 54.4 Å². The molecule has 8 rings (SSSR count). The molecule has 5 aromatic rings. The first-order valence-corrected chi connectivity index (χ1v) is 20.0. The average Bonchev–Trinajstić information content (AvgIpc) is 3.93. The van der Waals surface area contributed by atoms with Gasteiger partial charge in [0.25, 0.3) is 11.5 Å². The molecule has 2 unspecified atom stereocenters. The molecule has 276 valence electrons. The molecule has 1 saturated heterocycles. The lowest BCUT2D eigenvalue weighted by atomic mass is 9.95. The van der Waals surface area contributed by atoms with Gasteiger partial charge in [0, 0.05) is 29.9 Å². The van der Waals surface area contributed by atoms with Crippen LogP contribution >= 0.6 is 35.3 Å². The second kappa shape index (κ2) is 15.3. The molecule has 2 aliphatic heterocycles. The van der Waals surface area contributed by atoms with Crippen molar-refractivity contribution in [2.24, 2.45) is 0 Å². The van der Waals surface area contributed by atoms with Crippen molar-refractivity contribution in [1.82, 2.24) is 9.47 Å².